The number of aromatic amines is 1. The van der Waals surface area contributed by atoms with Crippen molar-refractivity contribution in [3.63, 3.8) is 0 Å². The molecule has 3 nitrogen and oxygen atoms in total. The SMILES string of the molecule is CC(O)(CNCc1cc[nH]c1)c1ccsc1. The van der Waals surface area contributed by atoms with Crippen molar-refractivity contribution in [2.45, 2.75) is 19.1 Å². The van der Waals surface area contributed by atoms with E-state index in [1.54, 1.807) is 11.3 Å². The Morgan fingerprint density at radius 2 is 2.38 bits per heavy atom. The van der Waals surface area contributed by atoms with Gasteiger partial charge in [-0.25, -0.2) is 0 Å². The number of rotatable bonds is 5. The van der Waals surface area contributed by atoms with Gasteiger partial charge >= 0.3 is 0 Å². The summed E-state index contributed by atoms with van der Waals surface area (Å²) in [4.78, 5) is 3.00. The van der Waals surface area contributed by atoms with Crippen LogP contribution in [0.5, 0.6) is 0 Å². The van der Waals surface area contributed by atoms with Gasteiger partial charge in [-0.1, -0.05) is 0 Å². The number of nitrogens with one attached hydrogen (secondary N) is 2. The molecule has 0 spiro atoms. The lowest BCUT2D eigenvalue weighted by Gasteiger charge is -2.22. The van der Waals surface area contributed by atoms with E-state index in [-0.39, 0.29) is 0 Å². The van der Waals surface area contributed by atoms with Gasteiger partial charge in [-0.2, -0.15) is 11.3 Å². The van der Waals surface area contributed by atoms with Crippen molar-refractivity contribution in [3.05, 3.63) is 46.4 Å². The predicted molar refractivity (Wildman–Crippen MR) is 66.4 cm³/mol. The van der Waals surface area contributed by atoms with Crippen LogP contribution < -0.4 is 5.32 Å². The van der Waals surface area contributed by atoms with E-state index in [2.05, 4.69) is 10.3 Å². The van der Waals surface area contributed by atoms with Crippen LogP contribution in [0.3, 0.4) is 0 Å². The number of hydrogen-bond acceptors (Lipinski definition) is 3. The Morgan fingerprint density at radius 3 is 3.00 bits per heavy atom. The summed E-state index contributed by atoms with van der Waals surface area (Å²) in [7, 11) is 0. The first kappa shape index (κ1) is 11.4. The van der Waals surface area contributed by atoms with Crippen LogP contribution in [0.1, 0.15) is 18.1 Å². The molecule has 4 heteroatoms. The minimum atomic E-state index is -0.795. The third-order valence-electron chi connectivity index (χ3n) is 2.60. The van der Waals surface area contributed by atoms with E-state index >= 15 is 0 Å². The first-order chi connectivity index (χ1) is 7.68. The lowest BCUT2D eigenvalue weighted by Crippen LogP contribution is -2.34. The maximum atomic E-state index is 10.2. The second-order valence-corrected chi connectivity index (χ2v) is 4.89. The Morgan fingerprint density at radius 1 is 1.50 bits per heavy atom. The third-order valence-corrected chi connectivity index (χ3v) is 3.29. The maximum Gasteiger partial charge on any atom is 0.1000 e. The van der Waals surface area contributed by atoms with Crippen LogP contribution in [0.25, 0.3) is 0 Å². The molecule has 0 fully saturated rings. The topological polar surface area (TPSA) is 48.0 Å². The Hall–Kier alpha value is -1.10. The molecule has 2 rings (SSSR count). The highest BCUT2D eigenvalue weighted by atomic mass is 32.1. The molecular weight excluding hydrogens is 220 g/mol. The van der Waals surface area contributed by atoms with Gasteiger partial charge in [0.25, 0.3) is 0 Å². The Kier molecular flexibility index (Phi) is 3.43. The average molecular weight is 236 g/mol. The fourth-order valence-electron chi connectivity index (χ4n) is 1.59. The Labute approximate surface area is 99.1 Å². The Balaban J connectivity index is 1.85. The number of H-pyrrole nitrogens is 1. The fourth-order valence-corrected chi connectivity index (χ4v) is 2.37. The molecule has 0 saturated heterocycles. The van der Waals surface area contributed by atoms with Crippen molar-refractivity contribution < 1.29 is 5.11 Å². The summed E-state index contributed by atoms with van der Waals surface area (Å²) in [5.74, 6) is 0. The van der Waals surface area contributed by atoms with E-state index in [1.807, 2.05) is 42.2 Å². The molecule has 3 N–H and O–H groups in total. The molecule has 0 bridgehead atoms. The second-order valence-electron chi connectivity index (χ2n) is 4.11. The van der Waals surface area contributed by atoms with E-state index < -0.39 is 5.60 Å². The van der Waals surface area contributed by atoms with Crippen molar-refractivity contribution in [2.75, 3.05) is 6.54 Å². The van der Waals surface area contributed by atoms with Crippen LogP contribution in [0, 0.1) is 0 Å². The summed E-state index contributed by atoms with van der Waals surface area (Å²) in [6, 6.07) is 3.98. The zero-order chi connectivity index (χ0) is 11.4. The largest absolute Gasteiger partial charge is 0.384 e. The summed E-state index contributed by atoms with van der Waals surface area (Å²) in [6.07, 6.45) is 3.85. The summed E-state index contributed by atoms with van der Waals surface area (Å²) >= 11 is 1.60. The first-order valence-electron chi connectivity index (χ1n) is 5.26. The van der Waals surface area contributed by atoms with Crippen molar-refractivity contribution in [2.24, 2.45) is 0 Å². The molecule has 0 aliphatic heterocycles. The van der Waals surface area contributed by atoms with Gasteiger partial charge < -0.3 is 15.4 Å². The van der Waals surface area contributed by atoms with Crippen LogP contribution in [0.2, 0.25) is 0 Å². The van der Waals surface area contributed by atoms with Crippen molar-refractivity contribution >= 4 is 11.3 Å². The zero-order valence-electron chi connectivity index (χ0n) is 9.23. The minimum absolute atomic E-state index is 0.551. The molecule has 86 valence electrons. The highest BCUT2D eigenvalue weighted by Gasteiger charge is 2.22. The van der Waals surface area contributed by atoms with E-state index in [0.29, 0.717) is 6.54 Å². The first-order valence-corrected chi connectivity index (χ1v) is 6.20. The lowest BCUT2D eigenvalue weighted by molar-refractivity contribution is 0.0571. The van der Waals surface area contributed by atoms with Crippen molar-refractivity contribution in [1.29, 1.82) is 0 Å². The summed E-state index contributed by atoms with van der Waals surface area (Å²) in [5.41, 5.74) is 1.37. The van der Waals surface area contributed by atoms with Gasteiger partial charge in [0.2, 0.25) is 0 Å². The number of aliphatic hydroxyl groups is 1. The molecule has 1 atom stereocenters. The molecule has 0 amide bonds. The highest BCUT2D eigenvalue weighted by molar-refractivity contribution is 7.08. The van der Waals surface area contributed by atoms with Crippen LogP contribution in [-0.4, -0.2) is 16.6 Å². The average Bonchev–Trinajstić information content (AvgIpc) is 2.90. The molecule has 2 aromatic rings. The fraction of sp³-hybridized carbons (Fsp3) is 0.333. The zero-order valence-corrected chi connectivity index (χ0v) is 10.1. The third kappa shape index (κ3) is 2.72. The van der Waals surface area contributed by atoms with Crippen LogP contribution in [-0.2, 0) is 12.1 Å². The summed E-state index contributed by atoms with van der Waals surface area (Å²) < 4.78 is 0. The monoisotopic (exact) mass is 236 g/mol. The smallest absolute Gasteiger partial charge is 0.1000 e. The molecular formula is C12H16N2OS. The van der Waals surface area contributed by atoms with Gasteiger partial charge in [-0.15, -0.1) is 0 Å². The van der Waals surface area contributed by atoms with Gasteiger partial charge in [-0.05, 0) is 40.9 Å². The van der Waals surface area contributed by atoms with E-state index in [4.69, 9.17) is 0 Å². The number of aromatic nitrogens is 1. The summed E-state index contributed by atoms with van der Waals surface area (Å²) in [6.45, 7) is 3.15. The Bertz CT molecular complexity index is 406. The standard InChI is InChI=1S/C12H16N2OS/c1-12(15,11-3-5-16-8-11)9-14-7-10-2-4-13-6-10/h2-6,8,13-15H,7,9H2,1H3. The quantitative estimate of drug-likeness (QED) is 0.744. The van der Waals surface area contributed by atoms with Crippen LogP contribution in [0.4, 0.5) is 0 Å². The van der Waals surface area contributed by atoms with Crippen molar-refractivity contribution in [1.82, 2.24) is 10.3 Å². The number of hydrogen-bond donors (Lipinski definition) is 3. The van der Waals surface area contributed by atoms with Gasteiger partial charge in [-0.3, -0.25) is 0 Å². The van der Waals surface area contributed by atoms with E-state index in [1.165, 1.54) is 5.56 Å². The van der Waals surface area contributed by atoms with Gasteiger partial charge in [0, 0.05) is 25.5 Å². The van der Waals surface area contributed by atoms with Gasteiger partial charge in [0.05, 0.1) is 5.60 Å². The molecule has 16 heavy (non-hydrogen) atoms. The molecule has 0 radical (unpaired) electrons. The molecule has 2 heterocycles. The number of thiophene rings is 1. The van der Waals surface area contributed by atoms with E-state index in [0.717, 1.165) is 12.1 Å². The minimum Gasteiger partial charge on any atom is -0.384 e. The lowest BCUT2D eigenvalue weighted by atomic mass is 9.99. The maximum absolute atomic E-state index is 10.2. The predicted octanol–water partition coefficient (Wildman–Crippen LogP) is 2.07. The van der Waals surface area contributed by atoms with Crippen LogP contribution >= 0.6 is 11.3 Å². The summed E-state index contributed by atoms with van der Waals surface area (Å²) in [5, 5.41) is 17.5. The van der Waals surface area contributed by atoms with Crippen LogP contribution in [0.15, 0.2) is 35.3 Å². The van der Waals surface area contributed by atoms with Gasteiger partial charge in [0.1, 0.15) is 0 Å². The molecule has 0 aliphatic rings. The van der Waals surface area contributed by atoms with Crippen molar-refractivity contribution in [3.8, 4) is 0 Å². The van der Waals surface area contributed by atoms with Gasteiger partial charge in [0.15, 0.2) is 0 Å². The second kappa shape index (κ2) is 4.82. The van der Waals surface area contributed by atoms with E-state index in [9.17, 15) is 5.11 Å². The normalized spacial score (nSPS) is 14.9. The molecule has 2 aromatic heterocycles. The molecule has 0 aromatic carbocycles. The molecule has 0 aliphatic carbocycles. The molecule has 1 unspecified atom stereocenters. The highest BCUT2D eigenvalue weighted by Crippen LogP contribution is 2.22. The molecule has 0 saturated carbocycles.